The Morgan fingerprint density at radius 2 is 1.88 bits per heavy atom. The summed E-state index contributed by atoms with van der Waals surface area (Å²) in [5.41, 5.74) is 4.53. The van der Waals surface area contributed by atoms with Gasteiger partial charge in [0.05, 0.1) is 23.8 Å². The van der Waals surface area contributed by atoms with Gasteiger partial charge < -0.3 is 24.3 Å². The molecule has 1 aliphatic carbocycles. The summed E-state index contributed by atoms with van der Waals surface area (Å²) in [6.07, 6.45) is 3.73. The number of methoxy groups -OCH3 is 1. The summed E-state index contributed by atoms with van der Waals surface area (Å²) < 4.78 is 28.8. The van der Waals surface area contributed by atoms with E-state index in [1.165, 1.54) is 12.3 Å². The summed E-state index contributed by atoms with van der Waals surface area (Å²) in [5, 5.41) is 20.0. The molecule has 5 aromatic rings. The first-order valence-electron chi connectivity index (χ1n) is 14.2. The number of halogens is 2. The van der Waals surface area contributed by atoms with Crippen LogP contribution in [-0.4, -0.2) is 36.8 Å². The molecule has 2 heterocycles. The molecule has 1 aliphatic rings. The molecule has 0 atom stereocenters. The molecule has 2 aromatic heterocycles. The molecule has 0 spiro atoms. The van der Waals surface area contributed by atoms with Crippen LogP contribution in [0.25, 0.3) is 22.3 Å². The number of rotatable bonds is 11. The van der Waals surface area contributed by atoms with Crippen LogP contribution in [0.1, 0.15) is 55.0 Å². The zero-order chi connectivity index (χ0) is 30.1. The lowest BCUT2D eigenvalue weighted by Crippen LogP contribution is -2.14. The predicted octanol–water partition coefficient (Wildman–Crippen LogP) is 6.64. The Bertz CT molecular complexity index is 1790. The number of hydrogen-bond acceptors (Lipinski definition) is 7. The molecule has 0 amide bonds. The molecule has 0 aliphatic heterocycles. The Morgan fingerprint density at radius 3 is 2.60 bits per heavy atom. The van der Waals surface area contributed by atoms with E-state index in [9.17, 15) is 10.2 Å². The highest BCUT2D eigenvalue weighted by molar-refractivity contribution is 6.30. The molecular weight excluding hydrogens is 571 g/mol. The van der Waals surface area contributed by atoms with Gasteiger partial charge in [0, 0.05) is 40.9 Å². The standard InChI is InChI=1S/C33H32ClFN4O4/c1-3-33(11-12-33)19-39-28-16-21(31(40)41)6-9-27(28)37-30(39)15-20-4-8-24(25(35)14-20)26-10-13-36-32(38-26)43-18-22-5-7-23(34)17-29(22)42-2/h4-10,13-14,16-17,31,40-41H,3,11-12,15,18-19H2,1-2H3. The molecule has 0 radical (unpaired) electrons. The summed E-state index contributed by atoms with van der Waals surface area (Å²) in [7, 11) is 1.56. The number of imidazole rings is 1. The predicted molar refractivity (Wildman–Crippen MR) is 161 cm³/mol. The van der Waals surface area contributed by atoms with E-state index in [2.05, 4.69) is 21.5 Å². The van der Waals surface area contributed by atoms with Gasteiger partial charge >= 0.3 is 6.01 Å². The average molecular weight is 603 g/mol. The number of aliphatic hydroxyl groups is 2. The molecule has 0 bridgehead atoms. The average Bonchev–Trinajstić information content (AvgIpc) is 3.71. The van der Waals surface area contributed by atoms with Crippen LogP contribution in [0.3, 0.4) is 0 Å². The van der Waals surface area contributed by atoms with Gasteiger partial charge in [-0.15, -0.1) is 0 Å². The maximum atomic E-state index is 15.5. The van der Waals surface area contributed by atoms with Gasteiger partial charge in [-0.3, -0.25) is 0 Å². The van der Waals surface area contributed by atoms with Crippen molar-refractivity contribution in [3.8, 4) is 23.0 Å². The second-order valence-corrected chi connectivity index (χ2v) is 11.5. The van der Waals surface area contributed by atoms with E-state index in [0.717, 1.165) is 53.8 Å². The van der Waals surface area contributed by atoms with Gasteiger partial charge in [0.15, 0.2) is 6.29 Å². The Kier molecular flexibility index (Phi) is 8.05. The van der Waals surface area contributed by atoms with Crippen molar-refractivity contribution in [3.05, 3.63) is 100 Å². The molecule has 3 aromatic carbocycles. The quantitative estimate of drug-likeness (QED) is 0.163. The summed E-state index contributed by atoms with van der Waals surface area (Å²) in [5.74, 6) is 0.983. The molecule has 2 N–H and O–H groups in total. The van der Waals surface area contributed by atoms with Crippen LogP contribution in [0, 0.1) is 11.2 Å². The van der Waals surface area contributed by atoms with Crippen molar-refractivity contribution in [2.24, 2.45) is 5.41 Å². The fraction of sp³-hybridized carbons (Fsp3) is 0.303. The first-order chi connectivity index (χ1) is 20.8. The van der Waals surface area contributed by atoms with Crippen molar-refractivity contribution in [2.45, 2.75) is 52.0 Å². The monoisotopic (exact) mass is 602 g/mol. The highest BCUT2D eigenvalue weighted by Gasteiger charge is 2.41. The number of fused-ring (bicyclic) bond motifs is 1. The lowest BCUT2D eigenvalue weighted by atomic mass is 10.0. The van der Waals surface area contributed by atoms with E-state index in [4.69, 9.17) is 26.1 Å². The molecule has 222 valence electrons. The number of ether oxygens (including phenoxy) is 2. The molecule has 8 nitrogen and oxygen atoms in total. The summed E-state index contributed by atoms with van der Waals surface area (Å²) in [6, 6.07) is 17.4. The normalized spacial score (nSPS) is 13.9. The van der Waals surface area contributed by atoms with Gasteiger partial charge in [-0.2, -0.15) is 4.98 Å². The molecule has 6 rings (SSSR count). The van der Waals surface area contributed by atoms with Crippen molar-refractivity contribution >= 4 is 22.6 Å². The third-order valence-electron chi connectivity index (χ3n) is 8.26. The van der Waals surface area contributed by atoms with E-state index in [1.807, 2.05) is 6.07 Å². The Balaban J connectivity index is 1.24. The number of aromatic nitrogens is 4. The summed E-state index contributed by atoms with van der Waals surface area (Å²) in [6.45, 7) is 3.14. The SMILES string of the molecule is CCC1(Cn2c(Cc3ccc(-c4ccnc(OCc5ccc(Cl)cc5OC)n4)c(F)c3)nc3ccc(C(O)O)cc32)CC1. The van der Waals surface area contributed by atoms with Crippen molar-refractivity contribution in [2.75, 3.05) is 7.11 Å². The van der Waals surface area contributed by atoms with Crippen LogP contribution in [0.15, 0.2) is 66.9 Å². The number of benzene rings is 3. The molecule has 0 saturated heterocycles. The highest BCUT2D eigenvalue weighted by atomic mass is 35.5. The van der Waals surface area contributed by atoms with Crippen LogP contribution in [0.4, 0.5) is 4.39 Å². The zero-order valence-corrected chi connectivity index (χ0v) is 24.7. The maximum Gasteiger partial charge on any atom is 0.317 e. The van der Waals surface area contributed by atoms with E-state index >= 15 is 4.39 Å². The number of nitrogens with zero attached hydrogens (tertiary/aromatic N) is 4. The molecule has 1 saturated carbocycles. The van der Waals surface area contributed by atoms with Crippen LogP contribution in [0.2, 0.25) is 5.02 Å². The largest absolute Gasteiger partial charge is 0.496 e. The van der Waals surface area contributed by atoms with Gasteiger partial charge in [-0.05, 0) is 72.7 Å². The van der Waals surface area contributed by atoms with E-state index in [1.54, 1.807) is 55.6 Å². The van der Waals surface area contributed by atoms with E-state index < -0.39 is 12.1 Å². The van der Waals surface area contributed by atoms with E-state index in [-0.39, 0.29) is 18.0 Å². The zero-order valence-electron chi connectivity index (χ0n) is 23.9. The van der Waals surface area contributed by atoms with Crippen molar-refractivity contribution in [1.29, 1.82) is 0 Å². The first kappa shape index (κ1) is 29.0. The highest BCUT2D eigenvalue weighted by Crippen LogP contribution is 2.50. The minimum absolute atomic E-state index is 0.115. The second-order valence-electron chi connectivity index (χ2n) is 11.0. The lowest BCUT2D eigenvalue weighted by molar-refractivity contribution is -0.0424. The van der Waals surface area contributed by atoms with E-state index in [0.29, 0.717) is 34.0 Å². The van der Waals surface area contributed by atoms with Crippen LogP contribution in [-0.2, 0) is 19.6 Å². The third-order valence-corrected chi connectivity index (χ3v) is 8.50. The molecular formula is C33H32ClFN4O4. The number of aliphatic hydroxyl groups excluding tert-OH is 1. The third kappa shape index (κ3) is 6.20. The van der Waals surface area contributed by atoms with Crippen LogP contribution in [0.5, 0.6) is 11.8 Å². The smallest absolute Gasteiger partial charge is 0.317 e. The first-order valence-corrected chi connectivity index (χ1v) is 14.6. The van der Waals surface area contributed by atoms with Crippen LogP contribution < -0.4 is 9.47 Å². The Labute approximate surface area is 253 Å². The summed E-state index contributed by atoms with van der Waals surface area (Å²) in [4.78, 5) is 13.5. The van der Waals surface area contributed by atoms with Gasteiger partial charge in [0.2, 0.25) is 0 Å². The molecule has 1 fully saturated rings. The minimum Gasteiger partial charge on any atom is -0.496 e. The topological polar surface area (TPSA) is 103 Å². The van der Waals surface area contributed by atoms with Crippen molar-refractivity contribution < 1.29 is 24.1 Å². The Hall–Kier alpha value is -4.05. The summed E-state index contributed by atoms with van der Waals surface area (Å²) >= 11 is 6.05. The number of hydrogen-bond donors (Lipinski definition) is 2. The lowest BCUT2D eigenvalue weighted by Gasteiger charge is -2.17. The van der Waals surface area contributed by atoms with Gasteiger partial charge in [-0.25, -0.2) is 14.4 Å². The van der Waals surface area contributed by atoms with Gasteiger partial charge in [-0.1, -0.05) is 36.7 Å². The Morgan fingerprint density at radius 1 is 1.05 bits per heavy atom. The molecule has 43 heavy (non-hydrogen) atoms. The fourth-order valence-corrected chi connectivity index (χ4v) is 5.56. The van der Waals surface area contributed by atoms with Gasteiger partial charge in [0.1, 0.15) is 24.0 Å². The molecule has 10 heteroatoms. The maximum absolute atomic E-state index is 15.5. The minimum atomic E-state index is -1.56. The molecule has 0 unspecified atom stereocenters. The van der Waals surface area contributed by atoms with Crippen LogP contribution >= 0.6 is 11.6 Å². The fourth-order valence-electron chi connectivity index (χ4n) is 5.40. The van der Waals surface area contributed by atoms with Gasteiger partial charge in [0.25, 0.3) is 0 Å². The van der Waals surface area contributed by atoms with Crippen molar-refractivity contribution in [3.63, 3.8) is 0 Å². The van der Waals surface area contributed by atoms with Crippen molar-refractivity contribution in [1.82, 2.24) is 19.5 Å². The second kappa shape index (κ2) is 11.9.